The molecule has 31 heavy (non-hydrogen) atoms. The van der Waals surface area contributed by atoms with Crippen LogP contribution in [0.1, 0.15) is 38.7 Å². The van der Waals surface area contributed by atoms with Crippen LogP contribution >= 0.6 is 0 Å². The van der Waals surface area contributed by atoms with Gasteiger partial charge in [-0.25, -0.2) is 0 Å². The highest BCUT2D eigenvalue weighted by atomic mass is 16.6. The maximum atomic E-state index is 13.1. The smallest absolute Gasteiger partial charge is 0.303 e. The summed E-state index contributed by atoms with van der Waals surface area (Å²) in [7, 11) is 0. The molecule has 2 aliphatic rings. The van der Waals surface area contributed by atoms with Crippen LogP contribution in [0.15, 0.2) is 30.5 Å². The lowest BCUT2D eigenvalue weighted by Gasteiger charge is -2.34. The topological polar surface area (TPSA) is 106 Å². The summed E-state index contributed by atoms with van der Waals surface area (Å²) in [4.78, 5) is 54.0. The number of hydrogen-bond donors (Lipinski definition) is 1. The molecule has 1 saturated heterocycles. The van der Waals surface area contributed by atoms with Gasteiger partial charge in [0, 0.05) is 49.3 Å². The van der Waals surface area contributed by atoms with E-state index in [0.717, 1.165) is 16.5 Å². The number of imide groups is 1. The molecule has 8 heteroatoms. The van der Waals surface area contributed by atoms with E-state index in [2.05, 4.69) is 4.98 Å². The second-order valence-corrected chi connectivity index (χ2v) is 8.33. The fourth-order valence-corrected chi connectivity index (χ4v) is 4.82. The van der Waals surface area contributed by atoms with Crippen molar-refractivity contribution in [2.24, 2.45) is 11.8 Å². The maximum Gasteiger partial charge on any atom is 0.303 e. The summed E-state index contributed by atoms with van der Waals surface area (Å²) >= 11 is 0. The Bertz CT molecular complexity index is 986. The number of esters is 2. The van der Waals surface area contributed by atoms with E-state index in [1.165, 1.54) is 18.7 Å². The van der Waals surface area contributed by atoms with Crippen molar-refractivity contribution in [3.63, 3.8) is 0 Å². The van der Waals surface area contributed by atoms with Gasteiger partial charge >= 0.3 is 11.9 Å². The van der Waals surface area contributed by atoms with Crippen LogP contribution in [-0.2, 0) is 35.1 Å². The molecule has 2 bridgehead atoms. The number of ether oxygens (including phenoxy) is 2. The lowest BCUT2D eigenvalue weighted by Crippen LogP contribution is -2.50. The van der Waals surface area contributed by atoms with Crippen LogP contribution in [0.2, 0.25) is 0 Å². The molecule has 0 unspecified atom stereocenters. The highest BCUT2D eigenvalue weighted by Crippen LogP contribution is 2.37. The number of nitrogens with one attached hydrogen (secondary N) is 1. The van der Waals surface area contributed by atoms with Crippen LogP contribution in [0.4, 0.5) is 0 Å². The minimum atomic E-state index is -0.735. The summed E-state index contributed by atoms with van der Waals surface area (Å²) in [6, 6.07) is 7.89. The molecular formula is C23H26N2O6. The van der Waals surface area contributed by atoms with E-state index in [9.17, 15) is 19.2 Å². The van der Waals surface area contributed by atoms with Gasteiger partial charge in [0.1, 0.15) is 12.2 Å². The first-order chi connectivity index (χ1) is 14.8. The molecule has 1 N–H and O–H groups in total. The summed E-state index contributed by atoms with van der Waals surface area (Å²) in [5.74, 6) is -2.41. The number of nitrogens with zero attached hydrogens (tertiary/aromatic N) is 1. The second-order valence-electron chi connectivity index (χ2n) is 8.33. The normalized spacial score (nSPS) is 25.9. The Morgan fingerprint density at radius 3 is 2.13 bits per heavy atom. The van der Waals surface area contributed by atoms with E-state index in [4.69, 9.17) is 9.47 Å². The van der Waals surface area contributed by atoms with Gasteiger partial charge in [-0.3, -0.25) is 24.1 Å². The zero-order valence-corrected chi connectivity index (χ0v) is 17.6. The van der Waals surface area contributed by atoms with Crippen molar-refractivity contribution in [2.75, 3.05) is 6.54 Å². The average molecular weight is 426 g/mol. The lowest BCUT2D eigenvalue weighted by atomic mass is 9.86. The maximum absolute atomic E-state index is 13.1. The number of rotatable bonds is 5. The number of H-pyrrole nitrogens is 1. The summed E-state index contributed by atoms with van der Waals surface area (Å²) in [5, 5.41) is 1.07. The van der Waals surface area contributed by atoms with Crippen molar-refractivity contribution < 1.29 is 28.7 Å². The molecule has 1 aliphatic carbocycles. The van der Waals surface area contributed by atoms with Crippen LogP contribution < -0.4 is 0 Å². The lowest BCUT2D eigenvalue weighted by molar-refractivity contribution is -0.166. The molecule has 0 radical (unpaired) electrons. The Morgan fingerprint density at radius 2 is 1.55 bits per heavy atom. The Labute approximate surface area is 179 Å². The molecule has 2 fully saturated rings. The number of fused-ring (bicyclic) bond motifs is 3. The van der Waals surface area contributed by atoms with Crippen LogP contribution in [0.5, 0.6) is 0 Å². The number of piperidine rings is 1. The Kier molecular flexibility index (Phi) is 5.80. The molecule has 4 atom stereocenters. The van der Waals surface area contributed by atoms with Gasteiger partial charge in [0.25, 0.3) is 0 Å². The fraction of sp³-hybridized carbons (Fsp3) is 0.478. The number of aromatic amines is 1. The molecule has 8 nitrogen and oxygen atoms in total. The van der Waals surface area contributed by atoms with Crippen molar-refractivity contribution in [1.29, 1.82) is 0 Å². The van der Waals surface area contributed by atoms with Gasteiger partial charge in [-0.2, -0.15) is 0 Å². The molecule has 1 aromatic carbocycles. The summed E-state index contributed by atoms with van der Waals surface area (Å²) < 4.78 is 10.8. The van der Waals surface area contributed by atoms with Gasteiger partial charge in [-0.1, -0.05) is 18.2 Å². The largest absolute Gasteiger partial charge is 0.459 e. The van der Waals surface area contributed by atoms with Gasteiger partial charge in [0.2, 0.25) is 11.8 Å². The summed E-state index contributed by atoms with van der Waals surface area (Å²) in [6.07, 6.45) is 1.85. The minimum absolute atomic E-state index is 0.240. The fourth-order valence-electron chi connectivity index (χ4n) is 4.82. The quantitative estimate of drug-likeness (QED) is 0.581. The number of benzene rings is 1. The standard InChI is InChI=1S/C23H26N2O6/c1-13(26)30-20-10-16-9-17(11-21(20)31-14(2)27)23(29)25(22(16)28)8-7-15-12-24-19-6-4-3-5-18(15)19/h3-6,12,16-17,20-21,24H,7-11H2,1-2H3/t16-,17+,20+,21-. The van der Waals surface area contributed by atoms with Crippen LogP contribution in [-0.4, -0.2) is 52.4 Å². The third-order valence-corrected chi connectivity index (χ3v) is 6.16. The van der Waals surface area contributed by atoms with Gasteiger partial charge in [-0.15, -0.1) is 0 Å². The van der Waals surface area contributed by atoms with E-state index in [1.54, 1.807) is 0 Å². The van der Waals surface area contributed by atoms with Crippen molar-refractivity contribution in [3.8, 4) is 0 Å². The van der Waals surface area contributed by atoms with Gasteiger partial charge in [-0.05, 0) is 37.3 Å². The number of hydrogen-bond acceptors (Lipinski definition) is 6. The number of carbonyl (C=O) groups is 4. The van der Waals surface area contributed by atoms with E-state index in [-0.39, 0.29) is 31.2 Å². The third kappa shape index (κ3) is 4.33. The van der Waals surface area contributed by atoms with Crippen LogP contribution in [0.3, 0.4) is 0 Å². The van der Waals surface area contributed by atoms with Crippen molar-refractivity contribution in [2.45, 2.75) is 51.7 Å². The molecule has 164 valence electrons. The number of likely N-dealkylation sites (tertiary alicyclic amines) is 1. The molecule has 2 aromatic rings. The van der Waals surface area contributed by atoms with E-state index in [0.29, 0.717) is 12.8 Å². The van der Waals surface area contributed by atoms with Gasteiger partial charge in [0.05, 0.1) is 0 Å². The van der Waals surface area contributed by atoms with Crippen molar-refractivity contribution in [3.05, 3.63) is 36.0 Å². The number of carbonyl (C=O) groups excluding carboxylic acids is 4. The van der Waals surface area contributed by atoms with Gasteiger partial charge < -0.3 is 14.5 Å². The van der Waals surface area contributed by atoms with E-state index in [1.807, 2.05) is 30.5 Å². The molecule has 2 heterocycles. The summed E-state index contributed by atoms with van der Waals surface area (Å²) in [5.41, 5.74) is 2.05. The zero-order valence-electron chi connectivity index (χ0n) is 17.6. The monoisotopic (exact) mass is 426 g/mol. The van der Waals surface area contributed by atoms with Crippen molar-refractivity contribution in [1.82, 2.24) is 9.88 Å². The highest BCUT2D eigenvalue weighted by Gasteiger charge is 2.48. The van der Waals surface area contributed by atoms with E-state index < -0.39 is 36.0 Å². The molecule has 1 aliphatic heterocycles. The SMILES string of the molecule is CC(=O)O[C@H]1C[C@H]2C[C@@H](C[C@H]1OC(C)=O)C(=O)N(CCc1c[nH]c3ccccc13)C2=O. The molecule has 1 saturated carbocycles. The van der Waals surface area contributed by atoms with Gasteiger partial charge in [0.15, 0.2) is 0 Å². The molecule has 4 rings (SSSR count). The predicted octanol–water partition coefficient (Wildman–Crippen LogP) is 2.36. The number of amides is 2. The molecular weight excluding hydrogens is 400 g/mol. The Morgan fingerprint density at radius 1 is 0.968 bits per heavy atom. The predicted molar refractivity (Wildman–Crippen MR) is 111 cm³/mol. The Hall–Kier alpha value is -3.16. The third-order valence-electron chi connectivity index (χ3n) is 6.16. The molecule has 0 spiro atoms. The molecule has 2 amide bonds. The second kappa shape index (κ2) is 8.53. The summed E-state index contributed by atoms with van der Waals surface area (Å²) in [6.45, 7) is 2.84. The first-order valence-electron chi connectivity index (χ1n) is 10.6. The minimum Gasteiger partial charge on any atom is -0.459 e. The average Bonchev–Trinajstić information content (AvgIpc) is 3.05. The van der Waals surface area contributed by atoms with Crippen LogP contribution in [0, 0.1) is 11.8 Å². The highest BCUT2D eigenvalue weighted by molar-refractivity contribution is 6.00. The zero-order chi connectivity index (χ0) is 22.1. The first-order valence-corrected chi connectivity index (χ1v) is 10.6. The molecule has 1 aromatic heterocycles. The van der Waals surface area contributed by atoms with E-state index >= 15 is 0 Å². The Balaban J connectivity index is 1.54. The van der Waals surface area contributed by atoms with Crippen LogP contribution in [0.25, 0.3) is 10.9 Å². The first kappa shape index (κ1) is 21.1. The number of para-hydroxylation sites is 1. The number of aromatic nitrogens is 1. The van der Waals surface area contributed by atoms with Crippen molar-refractivity contribution >= 4 is 34.7 Å².